The summed E-state index contributed by atoms with van der Waals surface area (Å²) < 4.78 is 35.1. The molecule has 2 aliphatic carbocycles. The van der Waals surface area contributed by atoms with Crippen molar-refractivity contribution in [1.29, 1.82) is 0 Å². The molecule has 7 heteroatoms. The predicted octanol–water partition coefficient (Wildman–Crippen LogP) is 5.46. The number of carbonyl (C=O) groups excluding carboxylic acids is 1. The zero-order valence-electron chi connectivity index (χ0n) is 19.4. The number of aromatic nitrogens is 2. The van der Waals surface area contributed by atoms with Crippen LogP contribution >= 0.6 is 0 Å². The predicted molar refractivity (Wildman–Crippen MR) is 124 cm³/mol. The topological polar surface area (TPSA) is 47.4 Å². The number of hydrogen-bond donors (Lipinski definition) is 0. The molecule has 1 aromatic heterocycles. The zero-order chi connectivity index (χ0) is 23.6. The number of amides is 1. The van der Waals surface area contributed by atoms with Crippen LogP contribution in [-0.4, -0.2) is 39.8 Å². The average molecular weight is 464 g/mol. The van der Waals surface area contributed by atoms with Crippen molar-refractivity contribution in [2.45, 2.75) is 51.7 Å². The maximum Gasteiger partial charge on any atom is 0.257 e. The number of ether oxygens (including phenoxy) is 1. The molecule has 0 bridgehead atoms. The fraction of sp³-hybridized carbons (Fsp3) is 0.407. The van der Waals surface area contributed by atoms with Crippen molar-refractivity contribution in [2.75, 3.05) is 13.1 Å². The van der Waals surface area contributed by atoms with Crippen molar-refractivity contribution in [1.82, 2.24) is 14.7 Å². The Labute approximate surface area is 197 Å². The van der Waals surface area contributed by atoms with Crippen LogP contribution in [0.1, 0.15) is 53.3 Å². The lowest BCUT2D eigenvalue weighted by Crippen LogP contribution is -2.63. The first-order chi connectivity index (χ1) is 16.3. The van der Waals surface area contributed by atoms with Gasteiger partial charge in [0.1, 0.15) is 17.4 Å². The smallest absolute Gasteiger partial charge is 0.257 e. The summed E-state index contributed by atoms with van der Waals surface area (Å²) in [6, 6.07) is 11.3. The lowest BCUT2D eigenvalue weighted by molar-refractivity contribution is -0.0743. The minimum Gasteiger partial charge on any atom is -0.489 e. The largest absolute Gasteiger partial charge is 0.489 e. The van der Waals surface area contributed by atoms with Gasteiger partial charge in [-0.1, -0.05) is 0 Å². The lowest BCUT2D eigenvalue weighted by Gasteiger charge is -2.59. The maximum atomic E-state index is 13.7. The average Bonchev–Trinajstić information content (AvgIpc) is 3.46. The minimum absolute atomic E-state index is 0.0888. The highest BCUT2D eigenvalue weighted by molar-refractivity contribution is 5.97. The van der Waals surface area contributed by atoms with Crippen molar-refractivity contribution in [3.63, 3.8) is 0 Å². The Hall–Kier alpha value is -3.22. The van der Waals surface area contributed by atoms with Gasteiger partial charge >= 0.3 is 0 Å². The number of aryl methyl sites for hydroxylation is 2. The normalized spacial score (nSPS) is 19.1. The van der Waals surface area contributed by atoms with E-state index in [-0.39, 0.29) is 29.1 Å². The summed E-state index contributed by atoms with van der Waals surface area (Å²) >= 11 is 0. The first-order valence-electron chi connectivity index (χ1n) is 11.9. The summed E-state index contributed by atoms with van der Waals surface area (Å²) in [6.45, 7) is 5.35. The number of hydrogen-bond acceptors (Lipinski definition) is 3. The first kappa shape index (κ1) is 21.3. The number of nitrogens with zero attached hydrogens (tertiary/aromatic N) is 3. The monoisotopic (exact) mass is 463 g/mol. The highest BCUT2D eigenvalue weighted by Gasteiger charge is 2.55. The highest BCUT2D eigenvalue weighted by Crippen LogP contribution is 2.54. The molecule has 5 nitrogen and oxygen atoms in total. The second kappa shape index (κ2) is 7.65. The van der Waals surface area contributed by atoms with E-state index in [0.29, 0.717) is 30.4 Å². The van der Waals surface area contributed by atoms with Gasteiger partial charge in [-0.3, -0.25) is 9.48 Å². The van der Waals surface area contributed by atoms with Crippen LogP contribution in [0.5, 0.6) is 5.75 Å². The third kappa shape index (κ3) is 3.67. The SMILES string of the molecule is Cc1cc(F)ccc1-c1cc(C)n(C2CC3(C2)CN(C(=O)c2ccc(F)cc2OC2CC2)C3)n1. The molecular formula is C27H27F2N3O2. The van der Waals surface area contributed by atoms with E-state index in [1.54, 1.807) is 6.07 Å². The van der Waals surface area contributed by atoms with Crippen LogP contribution in [-0.2, 0) is 0 Å². The maximum absolute atomic E-state index is 13.7. The standard InChI is InChI=1S/C27H27F2N3O2/c1-16-9-18(28)3-7-22(16)24-10-17(2)32(30-24)20-12-27(13-20)14-31(15-27)26(33)23-8-4-19(29)11-25(23)34-21-5-6-21/h3-4,7-11,20-21H,5-6,12-15H2,1-2H3. The van der Waals surface area contributed by atoms with E-state index in [1.165, 1.54) is 30.3 Å². The van der Waals surface area contributed by atoms with Crippen LogP contribution in [0.2, 0.25) is 0 Å². The summed E-state index contributed by atoms with van der Waals surface area (Å²) in [7, 11) is 0. The molecule has 3 fully saturated rings. The Morgan fingerprint density at radius 1 is 1.03 bits per heavy atom. The molecule has 2 saturated carbocycles. The van der Waals surface area contributed by atoms with Crippen molar-refractivity contribution >= 4 is 5.91 Å². The summed E-state index contributed by atoms with van der Waals surface area (Å²) in [6.07, 6.45) is 3.94. The summed E-state index contributed by atoms with van der Waals surface area (Å²) in [5.74, 6) is -0.363. The molecule has 0 unspecified atom stereocenters. The van der Waals surface area contributed by atoms with Gasteiger partial charge in [-0.2, -0.15) is 5.10 Å². The van der Waals surface area contributed by atoms with Crippen LogP contribution in [0.15, 0.2) is 42.5 Å². The van der Waals surface area contributed by atoms with E-state index in [4.69, 9.17) is 9.84 Å². The van der Waals surface area contributed by atoms with Gasteiger partial charge in [0.25, 0.3) is 5.91 Å². The molecule has 3 aliphatic rings. The van der Waals surface area contributed by atoms with Gasteiger partial charge < -0.3 is 9.64 Å². The Bertz CT molecular complexity index is 1280. The quantitative estimate of drug-likeness (QED) is 0.505. The summed E-state index contributed by atoms with van der Waals surface area (Å²) in [5.41, 5.74) is 4.33. The Kier molecular flexibility index (Phi) is 4.80. The molecule has 1 saturated heterocycles. The minimum atomic E-state index is -0.390. The number of carbonyl (C=O) groups is 1. The first-order valence-corrected chi connectivity index (χ1v) is 11.9. The molecule has 0 radical (unpaired) electrons. The van der Waals surface area contributed by atoms with E-state index >= 15 is 0 Å². The lowest BCUT2D eigenvalue weighted by atomic mass is 9.60. The fourth-order valence-corrected chi connectivity index (χ4v) is 5.49. The molecule has 2 heterocycles. The second-order valence-corrected chi connectivity index (χ2v) is 10.3. The molecule has 1 spiro atoms. The molecule has 3 aromatic rings. The van der Waals surface area contributed by atoms with Gasteiger partial charge in [0.05, 0.1) is 23.4 Å². The highest BCUT2D eigenvalue weighted by atomic mass is 19.1. The summed E-state index contributed by atoms with van der Waals surface area (Å²) in [5, 5.41) is 4.83. The van der Waals surface area contributed by atoms with Crippen molar-refractivity contribution in [3.8, 4) is 17.0 Å². The zero-order valence-corrected chi connectivity index (χ0v) is 19.4. The van der Waals surface area contributed by atoms with Crippen molar-refractivity contribution in [2.24, 2.45) is 5.41 Å². The molecule has 2 aromatic carbocycles. The van der Waals surface area contributed by atoms with Gasteiger partial charge in [-0.25, -0.2) is 8.78 Å². The molecule has 1 aliphatic heterocycles. The van der Waals surface area contributed by atoms with Gasteiger partial charge in [-0.05, 0) is 81.5 Å². The van der Waals surface area contributed by atoms with E-state index in [0.717, 1.165) is 48.2 Å². The second-order valence-electron chi connectivity index (χ2n) is 10.3. The number of halogens is 2. The number of rotatable bonds is 5. The van der Waals surface area contributed by atoms with E-state index in [9.17, 15) is 13.6 Å². The van der Waals surface area contributed by atoms with Crippen molar-refractivity contribution < 1.29 is 18.3 Å². The van der Waals surface area contributed by atoms with Crippen LogP contribution < -0.4 is 4.74 Å². The van der Waals surface area contributed by atoms with Gasteiger partial charge in [0.2, 0.25) is 0 Å². The molecule has 176 valence electrons. The van der Waals surface area contributed by atoms with Crippen molar-refractivity contribution in [3.05, 3.63) is 70.9 Å². The molecular weight excluding hydrogens is 436 g/mol. The van der Waals surface area contributed by atoms with Gasteiger partial charge in [0.15, 0.2) is 0 Å². The fourth-order valence-electron chi connectivity index (χ4n) is 5.49. The molecule has 1 amide bonds. The van der Waals surface area contributed by atoms with Gasteiger partial charge in [-0.15, -0.1) is 0 Å². The molecule has 6 rings (SSSR count). The Morgan fingerprint density at radius 3 is 2.44 bits per heavy atom. The van der Waals surface area contributed by atoms with Gasteiger partial charge in [0, 0.05) is 35.8 Å². The van der Waals surface area contributed by atoms with Crippen LogP contribution in [0, 0.1) is 30.9 Å². The van der Waals surface area contributed by atoms with Crippen LogP contribution in [0.3, 0.4) is 0 Å². The van der Waals surface area contributed by atoms with Crippen LogP contribution in [0.25, 0.3) is 11.3 Å². The number of likely N-dealkylation sites (tertiary alicyclic amines) is 1. The molecule has 34 heavy (non-hydrogen) atoms. The third-order valence-corrected chi connectivity index (χ3v) is 7.40. The van der Waals surface area contributed by atoms with E-state index in [2.05, 4.69) is 10.7 Å². The molecule has 0 N–H and O–H groups in total. The third-order valence-electron chi connectivity index (χ3n) is 7.40. The Morgan fingerprint density at radius 2 is 1.74 bits per heavy atom. The van der Waals surface area contributed by atoms with Crippen LogP contribution in [0.4, 0.5) is 8.78 Å². The Balaban J connectivity index is 1.11. The summed E-state index contributed by atoms with van der Waals surface area (Å²) in [4.78, 5) is 14.9. The number of benzene rings is 2. The van der Waals surface area contributed by atoms with E-state index < -0.39 is 0 Å². The molecule has 0 atom stereocenters. The van der Waals surface area contributed by atoms with E-state index in [1.807, 2.05) is 18.7 Å².